The Morgan fingerprint density at radius 3 is 2.67 bits per heavy atom. The second kappa shape index (κ2) is 7.43. The number of pyridine rings is 1. The molecular weight excluding hydrogens is 264 g/mol. The summed E-state index contributed by atoms with van der Waals surface area (Å²) in [4.78, 5) is 15.8. The molecule has 110 valence electrons. The first kappa shape index (κ1) is 15.0. The number of carbonyl (C=O) groups excluding carboxylic acids is 1. The van der Waals surface area contributed by atoms with E-state index in [0.29, 0.717) is 18.0 Å². The Morgan fingerprint density at radius 2 is 2.05 bits per heavy atom. The summed E-state index contributed by atoms with van der Waals surface area (Å²) in [5.74, 6) is 1.16. The number of carbonyl (C=O) groups is 1. The van der Waals surface area contributed by atoms with Crippen molar-refractivity contribution in [3.63, 3.8) is 0 Å². The minimum absolute atomic E-state index is 0.0787. The lowest BCUT2D eigenvalue weighted by Crippen LogP contribution is -2.25. The first-order valence-corrected chi connectivity index (χ1v) is 7.03. The molecule has 0 aliphatic rings. The topological polar surface area (TPSA) is 51.2 Å². The normalized spacial score (nSPS) is 11.7. The summed E-state index contributed by atoms with van der Waals surface area (Å²) in [6.45, 7) is 2.79. The van der Waals surface area contributed by atoms with Crippen LogP contribution in [-0.4, -0.2) is 24.5 Å². The predicted molar refractivity (Wildman–Crippen MR) is 82.6 cm³/mol. The maximum atomic E-state index is 11.9. The summed E-state index contributed by atoms with van der Waals surface area (Å²) in [6, 6.07) is 11.6. The van der Waals surface area contributed by atoms with Crippen LogP contribution in [0.15, 0.2) is 48.8 Å². The van der Waals surface area contributed by atoms with Gasteiger partial charge in [0.15, 0.2) is 0 Å². The molecule has 1 aromatic heterocycles. The number of rotatable bonds is 6. The Balaban J connectivity index is 1.81. The lowest BCUT2D eigenvalue weighted by molar-refractivity contribution is 0.0952. The Kier molecular flexibility index (Phi) is 5.32. The number of amides is 1. The summed E-state index contributed by atoms with van der Waals surface area (Å²) >= 11 is 0. The van der Waals surface area contributed by atoms with Gasteiger partial charge in [-0.3, -0.25) is 9.78 Å². The Hall–Kier alpha value is -2.36. The molecule has 0 saturated heterocycles. The second-order valence-electron chi connectivity index (χ2n) is 4.96. The zero-order chi connectivity index (χ0) is 15.1. The zero-order valence-corrected chi connectivity index (χ0v) is 12.4. The minimum Gasteiger partial charge on any atom is -0.497 e. The van der Waals surface area contributed by atoms with Gasteiger partial charge in [-0.2, -0.15) is 0 Å². The van der Waals surface area contributed by atoms with Crippen molar-refractivity contribution in [3.8, 4) is 5.75 Å². The van der Waals surface area contributed by atoms with Gasteiger partial charge in [0.1, 0.15) is 5.75 Å². The summed E-state index contributed by atoms with van der Waals surface area (Å²) < 4.78 is 5.15. The van der Waals surface area contributed by atoms with Crippen LogP contribution >= 0.6 is 0 Å². The van der Waals surface area contributed by atoms with E-state index < -0.39 is 0 Å². The Bertz CT molecular complexity index is 567. The molecule has 0 spiro atoms. The van der Waals surface area contributed by atoms with Gasteiger partial charge in [0, 0.05) is 18.9 Å². The zero-order valence-electron chi connectivity index (χ0n) is 12.4. The minimum atomic E-state index is -0.0787. The fourth-order valence-electron chi connectivity index (χ4n) is 2.10. The quantitative estimate of drug-likeness (QED) is 0.887. The number of hydrogen-bond donors (Lipinski definition) is 1. The van der Waals surface area contributed by atoms with Crippen molar-refractivity contribution >= 4 is 5.91 Å². The maximum absolute atomic E-state index is 11.9. The molecule has 0 saturated carbocycles. The van der Waals surface area contributed by atoms with Crippen LogP contribution in [0.3, 0.4) is 0 Å². The highest BCUT2D eigenvalue weighted by atomic mass is 16.5. The van der Waals surface area contributed by atoms with Gasteiger partial charge in [0.2, 0.25) is 0 Å². The van der Waals surface area contributed by atoms with Crippen molar-refractivity contribution in [2.75, 3.05) is 13.7 Å². The van der Waals surface area contributed by atoms with E-state index in [-0.39, 0.29) is 5.91 Å². The number of hydrogen-bond acceptors (Lipinski definition) is 3. The van der Waals surface area contributed by atoms with Crippen LogP contribution in [0.1, 0.15) is 35.2 Å². The van der Waals surface area contributed by atoms with Crippen LogP contribution in [0.4, 0.5) is 0 Å². The van der Waals surface area contributed by atoms with Crippen LogP contribution < -0.4 is 10.1 Å². The van der Waals surface area contributed by atoms with E-state index in [0.717, 1.165) is 12.2 Å². The molecule has 0 fully saturated rings. The van der Waals surface area contributed by atoms with Crippen molar-refractivity contribution < 1.29 is 9.53 Å². The lowest BCUT2D eigenvalue weighted by atomic mass is 9.98. The summed E-state index contributed by atoms with van der Waals surface area (Å²) in [5, 5.41) is 2.92. The molecule has 1 heterocycles. The van der Waals surface area contributed by atoms with Crippen molar-refractivity contribution in [1.29, 1.82) is 0 Å². The molecule has 4 nitrogen and oxygen atoms in total. The Morgan fingerprint density at radius 1 is 1.29 bits per heavy atom. The van der Waals surface area contributed by atoms with Gasteiger partial charge in [-0.1, -0.05) is 19.1 Å². The van der Waals surface area contributed by atoms with Crippen molar-refractivity contribution in [1.82, 2.24) is 10.3 Å². The molecule has 0 unspecified atom stereocenters. The highest BCUT2D eigenvalue weighted by Crippen LogP contribution is 2.21. The number of nitrogens with one attached hydrogen (secondary N) is 1. The number of ether oxygens (including phenoxy) is 1. The van der Waals surface area contributed by atoms with Crippen LogP contribution in [0.25, 0.3) is 0 Å². The summed E-state index contributed by atoms with van der Waals surface area (Å²) in [5.41, 5.74) is 1.83. The van der Waals surface area contributed by atoms with E-state index in [2.05, 4.69) is 29.4 Å². The second-order valence-corrected chi connectivity index (χ2v) is 4.96. The van der Waals surface area contributed by atoms with Crippen molar-refractivity contribution in [2.24, 2.45) is 0 Å². The van der Waals surface area contributed by atoms with E-state index in [4.69, 9.17) is 4.74 Å². The molecule has 0 bridgehead atoms. The first-order valence-electron chi connectivity index (χ1n) is 7.03. The molecule has 2 rings (SSSR count). The SMILES string of the molecule is COc1ccc([C@H](C)CCNC(=O)c2cccnc2)cc1. The van der Waals surface area contributed by atoms with Gasteiger partial charge in [-0.15, -0.1) is 0 Å². The molecule has 1 aromatic carbocycles. The van der Waals surface area contributed by atoms with Gasteiger partial charge in [-0.25, -0.2) is 0 Å². The predicted octanol–water partition coefficient (Wildman–Crippen LogP) is 3.01. The monoisotopic (exact) mass is 284 g/mol. The first-order chi connectivity index (χ1) is 10.2. The van der Waals surface area contributed by atoms with Crippen LogP contribution in [0.5, 0.6) is 5.75 Å². The maximum Gasteiger partial charge on any atom is 0.252 e. The largest absolute Gasteiger partial charge is 0.497 e. The van der Waals surface area contributed by atoms with Crippen LogP contribution in [0.2, 0.25) is 0 Å². The fraction of sp³-hybridized carbons (Fsp3) is 0.294. The number of methoxy groups -OCH3 is 1. The molecule has 0 radical (unpaired) electrons. The van der Waals surface area contributed by atoms with E-state index >= 15 is 0 Å². The molecule has 2 aromatic rings. The smallest absolute Gasteiger partial charge is 0.252 e. The highest BCUT2D eigenvalue weighted by molar-refractivity contribution is 5.93. The van der Waals surface area contributed by atoms with Crippen molar-refractivity contribution in [3.05, 3.63) is 59.9 Å². The number of nitrogens with zero attached hydrogens (tertiary/aromatic N) is 1. The van der Waals surface area contributed by atoms with E-state index in [1.54, 1.807) is 31.6 Å². The van der Waals surface area contributed by atoms with Gasteiger partial charge in [-0.05, 0) is 42.2 Å². The molecule has 0 aliphatic heterocycles. The van der Waals surface area contributed by atoms with Gasteiger partial charge < -0.3 is 10.1 Å². The summed E-state index contributed by atoms with van der Waals surface area (Å²) in [6.07, 6.45) is 4.11. The third-order valence-electron chi connectivity index (χ3n) is 3.47. The average molecular weight is 284 g/mol. The van der Waals surface area contributed by atoms with Crippen LogP contribution in [-0.2, 0) is 0 Å². The highest BCUT2D eigenvalue weighted by Gasteiger charge is 2.08. The summed E-state index contributed by atoms with van der Waals surface area (Å²) in [7, 11) is 1.66. The fourth-order valence-corrected chi connectivity index (χ4v) is 2.10. The molecule has 0 aliphatic carbocycles. The van der Waals surface area contributed by atoms with E-state index in [9.17, 15) is 4.79 Å². The van der Waals surface area contributed by atoms with Crippen LogP contribution in [0, 0.1) is 0 Å². The lowest BCUT2D eigenvalue weighted by Gasteiger charge is -2.13. The third kappa shape index (κ3) is 4.31. The molecule has 1 amide bonds. The van der Waals surface area contributed by atoms with E-state index in [1.807, 2.05) is 12.1 Å². The average Bonchev–Trinajstić information content (AvgIpc) is 2.55. The van der Waals surface area contributed by atoms with Gasteiger partial charge in [0.05, 0.1) is 12.7 Å². The molecule has 21 heavy (non-hydrogen) atoms. The van der Waals surface area contributed by atoms with Crippen molar-refractivity contribution in [2.45, 2.75) is 19.3 Å². The third-order valence-corrected chi connectivity index (χ3v) is 3.47. The molecular formula is C17H20N2O2. The number of benzene rings is 1. The van der Waals surface area contributed by atoms with E-state index in [1.165, 1.54) is 5.56 Å². The van der Waals surface area contributed by atoms with Gasteiger partial charge in [0.25, 0.3) is 5.91 Å². The Labute approximate surface area is 125 Å². The molecule has 1 N–H and O–H groups in total. The standard InChI is InChI=1S/C17H20N2O2/c1-13(14-5-7-16(21-2)8-6-14)9-11-19-17(20)15-4-3-10-18-12-15/h3-8,10,12-13H,9,11H2,1-2H3,(H,19,20)/t13-/m1/s1. The van der Waals surface area contributed by atoms with Gasteiger partial charge >= 0.3 is 0 Å². The molecule has 4 heteroatoms. The molecule has 1 atom stereocenters. The number of aromatic nitrogens is 1.